The van der Waals surface area contributed by atoms with Crippen LogP contribution in [0.1, 0.15) is 49.4 Å². The van der Waals surface area contributed by atoms with E-state index in [9.17, 15) is 15.0 Å². The highest BCUT2D eigenvalue weighted by atomic mass is 16.7. The molecule has 2 heterocycles. The number of nitrogens with one attached hydrogen (secondary N) is 1. The molecule has 4 rings (SSSR count). The summed E-state index contributed by atoms with van der Waals surface area (Å²) in [6.45, 7) is 5.88. The summed E-state index contributed by atoms with van der Waals surface area (Å²) in [5, 5.41) is 22.1. The second kappa shape index (κ2) is 10.1. The van der Waals surface area contributed by atoms with Crippen molar-refractivity contribution in [2.45, 2.75) is 51.5 Å². The van der Waals surface area contributed by atoms with Gasteiger partial charge in [0.1, 0.15) is 0 Å². The molecule has 0 bridgehead atoms. The number of β-amino-alcohol motifs (C(OH)–C–C–N with tert-alkyl or cyclic N) is 1. The van der Waals surface area contributed by atoms with Crippen LogP contribution < -0.4 is 5.32 Å². The number of carbonyl (C=O) groups excluding carboxylic acids is 1. The average Bonchev–Trinajstić information content (AvgIpc) is 3.20. The maximum Gasteiger partial charge on any atom is 0.221 e. The topological polar surface area (TPSA) is 91.3 Å². The number of likely N-dealkylation sites (tertiary alicyclic amines) is 1. The molecule has 5 unspecified atom stereocenters. The van der Waals surface area contributed by atoms with E-state index in [1.54, 1.807) is 0 Å². The Morgan fingerprint density at radius 3 is 2.38 bits per heavy atom. The SMILES string of the molecule is CC(=O)Nc1ccc(C2OC(CN3CCC(O)C3)C(C)C(c3ccc(CO)cc3)O2)cc1. The van der Waals surface area contributed by atoms with Crippen LogP contribution in [-0.4, -0.2) is 52.9 Å². The highest BCUT2D eigenvalue weighted by Gasteiger charge is 2.39. The van der Waals surface area contributed by atoms with E-state index in [1.807, 2.05) is 48.5 Å². The van der Waals surface area contributed by atoms with Crippen LogP contribution in [0.15, 0.2) is 48.5 Å². The minimum Gasteiger partial charge on any atom is -0.392 e. The maximum atomic E-state index is 11.3. The standard InChI is InChI=1S/C25H32N2O5/c1-16-23(14-27-12-11-22(30)13-27)31-25(20-7-9-21(10-8-20)26-17(2)29)32-24(16)19-5-3-18(15-28)4-6-19/h3-10,16,22-25,28,30H,11-15H2,1-2H3,(H,26,29). The van der Waals surface area contributed by atoms with Gasteiger partial charge >= 0.3 is 0 Å². The number of carbonyl (C=O) groups is 1. The van der Waals surface area contributed by atoms with E-state index >= 15 is 0 Å². The summed E-state index contributed by atoms with van der Waals surface area (Å²) in [6.07, 6.45) is -0.273. The fraction of sp³-hybridized carbons (Fsp3) is 0.480. The molecule has 0 saturated carbocycles. The van der Waals surface area contributed by atoms with Crippen molar-refractivity contribution < 1.29 is 24.5 Å². The van der Waals surface area contributed by atoms with Crippen molar-refractivity contribution in [2.24, 2.45) is 5.92 Å². The lowest BCUT2D eigenvalue weighted by Crippen LogP contribution is -2.44. The van der Waals surface area contributed by atoms with Crippen LogP contribution in [0.2, 0.25) is 0 Å². The molecule has 2 aromatic rings. The highest BCUT2D eigenvalue weighted by Crippen LogP contribution is 2.42. The van der Waals surface area contributed by atoms with Crippen molar-refractivity contribution in [1.82, 2.24) is 4.90 Å². The largest absolute Gasteiger partial charge is 0.392 e. The smallest absolute Gasteiger partial charge is 0.221 e. The Bertz CT molecular complexity index is 902. The number of anilines is 1. The number of benzene rings is 2. The van der Waals surface area contributed by atoms with E-state index in [-0.39, 0.29) is 36.7 Å². The third kappa shape index (κ3) is 5.36. The first-order valence-corrected chi connectivity index (χ1v) is 11.2. The van der Waals surface area contributed by atoms with Gasteiger partial charge in [0, 0.05) is 43.7 Å². The van der Waals surface area contributed by atoms with Crippen LogP contribution >= 0.6 is 0 Å². The number of aliphatic hydroxyl groups is 2. The first-order valence-electron chi connectivity index (χ1n) is 11.2. The molecule has 2 saturated heterocycles. The predicted molar refractivity (Wildman–Crippen MR) is 121 cm³/mol. The average molecular weight is 441 g/mol. The van der Waals surface area contributed by atoms with Crippen LogP contribution in [0.3, 0.4) is 0 Å². The van der Waals surface area contributed by atoms with E-state index in [4.69, 9.17) is 9.47 Å². The number of rotatable bonds is 6. The number of hydrogen-bond acceptors (Lipinski definition) is 6. The van der Waals surface area contributed by atoms with Crippen molar-refractivity contribution in [3.63, 3.8) is 0 Å². The molecule has 172 valence electrons. The Morgan fingerprint density at radius 1 is 1.09 bits per heavy atom. The van der Waals surface area contributed by atoms with Gasteiger partial charge in [-0.3, -0.25) is 9.69 Å². The predicted octanol–water partition coefficient (Wildman–Crippen LogP) is 3.00. The first kappa shape index (κ1) is 22.9. The van der Waals surface area contributed by atoms with E-state index < -0.39 is 6.29 Å². The third-order valence-electron chi connectivity index (χ3n) is 6.31. The zero-order valence-corrected chi connectivity index (χ0v) is 18.6. The summed E-state index contributed by atoms with van der Waals surface area (Å²) in [4.78, 5) is 13.6. The van der Waals surface area contributed by atoms with Crippen LogP contribution in [0, 0.1) is 5.92 Å². The second-order valence-corrected chi connectivity index (χ2v) is 8.83. The maximum absolute atomic E-state index is 11.3. The van der Waals surface area contributed by atoms with Crippen molar-refractivity contribution in [1.29, 1.82) is 0 Å². The number of aliphatic hydroxyl groups excluding tert-OH is 2. The highest BCUT2D eigenvalue weighted by molar-refractivity contribution is 5.88. The molecule has 0 aliphatic carbocycles. The zero-order valence-electron chi connectivity index (χ0n) is 18.6. The van der Waals surface area contributed by atoms with Gasteiger partial charge in [0.25, 0.3) is 0 Å². The van der Waals surface area contributed by atoms with Gasteiger partial charge in [-0.25, -0.2) is 0 Å². The number of ether oxygens (including phenoxy) is 2. The Morgan fingerprint density at radius 2 is 1.78 bits per heavy atom. The minimum atomic E-state index is -0.544. The molecule has 32 heavy (non-hydrogen) atoms. The van der Waals surface area contributed by atoms with E-state index in [0.29, 0.717) is 6.54 Å². The second-order valence-electron chi connectivity index (χ2n) is 8.83. The molecule has 5 atom stereocenters. The molecule has 0 radical (unpaired) electrons. The van der Waals surface area contributed by atoms with Crippen LogP contribution in [0.5, 0.6) is 0 Å². The lowest BCUT2D eigenvalue weighted by Gasteiger charge is -2.42. The molecule has 2 aromatic carbocycles. The summed E-state index contributed by atoms with van der Waals surface area (Å²) in [6, 6.07) is 15.4. The molecule has 2 fully saturated rings. The van der Waals surface area contributed by atoms with Gasteiger partial charge in [-0.2, -0.15) is 0 Å². The summed E-state index contributed by atoms with van der Waals surface area (Å²) < 4.78 is 12.9. The van der Waals surface area contributed by atoms with Gasteiger partial charge in [-0.1, -0.05) is 43.3 Å². The van der Waals surface area contributed by atoms with Crippen molar-refractivity contribution in [3.05, 3.63) is 65.2 Å². The molecular formula is C25H32N2O5. The van der Waals surface area contributed by atoms with E-state index in [0.717, 1.165) is 41.9 Å². The third-order valence-corrected chi connectivity index (χ3v) is 6.31. The van der Waals surface area contributed by atoms with E-state index in [2.05, 4.69) is 17.1 Å². The molecule has 0 aromatic heterocycles. The molecule has 2 aliphatic heterocycles. The fourth-order valence-corrected chi connectivity index (χ4v) is 4.49. The quantitative estimate of drug-likeness (QED) is 0.640. The van der Waals surface area contributed by atoms with Crippen LogP contribution in [0.4, 0.5) is 5.69 Å². The van der Waals surface area contributed by atoms with Gasteiger partial charge in [0.05, 0.1) is 24.9 Å². The van der Waals surface area contributed by atoms with E-state index in [1.165, 1.54) is 6.92 Å². The van der Waals surface area contributed by atoms with Gasteiger partial charge in [-0.15, -0.1) is 0 Å². The molecule has 0 spiro atoms. The number of nitrogens with zero attached hydrogens (tertiary/aromatic N) is 1. The number of amides is 1. The summed E-state index contributed by atoms with van der Waals surface area (Å²) in [5.74, 6) is -0.0152. The van der Waals surface area contributed by atoms with Gasteiger partial charge in [-0.05, 0) is 29.7 Å². The lowest BCUT2D eigenvalue weighted by atomic mass is 9.90. The molecule has 3 N–H and O–H groups in total. The first-order chi connectivity index (χ1) is 15.4. The van der Waals surface area contributed by atoms with Gasteiger partial charge < -0.3 is 25.0 Å². The van der Waals surface area contributed by atoms with Crippen molar-refractivity contribution in [2.75, 3.05) is 25.0 Å². The number of hydrogen-bond donors (Lipinski definition) is 3. The summed E-state index contributed by atoms with van der Waals surface area (Å²) >= 11 is 0. The molecule has 2 aliphatic rings. The minimum absolute atomic E-state index is 0.00759. The normalized spacial score (nSPS) is 28.6. The van der Waals surface area contributed by atoms with Crippen LogP contribution in [0.25, 0.3) is 0 Å². The molecule has 7 nitrogen and oxygen atoms in total. The molecular weight excluding hydrogens is 408 g/mol. The summed E-state index contributed by atoms with van der Waals surface area (Å²) in [5.41, 5.74) is 3.52. The Labute approximate surface area is 189 Å². The zero-order chi connectivity index (χ0) is 22.7. The van der Waals surface area contributed by atoms with Crippen molar-refractivity contribution in [3.8, 4) is 0 Å². The van der Waals surface area contributed by atoms with Gasteiger partial charge in [0.15, 0.2) is 6.29 Å². The fourth-order valence-electron chi connectivity index (χ4n) is 4.49. The summed E-state index contributed by atoms with van der Waals surface area (Å²) in [7, 11) is 0. The van der Waals surface area contributed by atoms with Crippen LogP contribution in [-0.2, 0) is 20.9 Å². The lowest BCUT2D eigenvalue weighted by molar-refractivity contribution is -0.276. The Hall–Kier alpha value is -2.29. The Balaban J connectivity index is 1.57. The molecule has 1 amide bonds. The van der Waals surface area contributed by atoms with Crippen molar-refractivity contribution >= 4 is 11.6 Å². The van der Waals surface area contributed by atoms with Gasteiger partial charge in [0.2, 0.25) is 5.91 Å². The monoisotopic (exact) mass is 440 g/mol. The molecule has 7 heteroatoms. The Kier molecular flexibility index (Phi) is 7.23.